The number of fused-ring (bicyclic) bond motifs is 1. The number of anilines is 1. The maximum Gasteiger partial charge on any atom is 0.417 e. The van der Waals surface area contributed by atoms with Crippen LogP contribution in [0.15, 0.2) is 57.9 Å². The van der Waals surface area contributed by atoms with Crippen LogP contribution in [0.2, 0.25) is 0 Å². The lowest BCUT2D eigenvalue weighted by Gasteiger charge is -2.13. The first-order chi connectivity index (χ1) is 12.6. The third-order valence-electron chi connectivity index (χ3n) is 3.99. The highest BCUT2D eigenvalue weighted by Gasteiger charge is 2.09. The second-order valence-corrected chi connectivity index (χ2v) is 5.81. The fourth-order valence-corrected chi connectivity index (χ4v) is 2.61. The molecule has 0 spiro atoms. The van der Waals surface area contributed by atoms with Gasteiger partial charge in [-0.1, -0.05) is 12.1 Å². The molecule has 4 aromatic rings. The summed E-state index contributed by atoms with van der Waals surface area (Å²) in [5, 5.41) is 11.4. The average molecular weight is 351 g/mol. The SMILES string of the molecule is CC(Nc1ncc(-c2ccc3oc(=O)[nH]c3c2)nn1)c1ccc(F)cc1. The van der Waals surface area contributed by atoms with Crippen molar-refractivity contribution in [2.45, 2.75) is 13.0 Å². The number of rotatable bonds is 4. The van der Waals surface area contributed by atoms with E-state index in [4.69, 9.17) is 4.42 Å². The van der Waals surface area contributed by atoms with Crippen LogP contribution in [0.5, 0.6) is 0 Å². The summed E-state index contributed by atoms with van der Waals surface area (Å²) in [7, 11) is 0. The first-order valence-electron chi connectivity index (χ1n) is 7.93. The second kappa shape index (κ2) is 6.40. The van der Waals surface area contributed by atoms with E-state index < -0.39 is 5.76 Å². The molecule has 1 atom stereocenters. The smallest absolute Gasteiger partial charge is 0.408 e. The summed E-state index contributed by atoms with van der Waals surface area (Å²) < 4.78 is 18.0. The predicted molar refractivity (Wildman–Crippen MR) is 94.1 cm³/mol. The molecule has 0 aliphatic carbocycles. The van der Waals surface area contributed by atoms with Crippen molar-refractivity contribution in [3.05, 3.63) is 70.6 Å². The number of nitrogens with zero attached hydrogens (tertiary/aromatic N) is 3. The highest BCUT2D eigenvalue weighted by Crippen LogP contribution is 2.21. The van der Waals surface area contributed by atoms with Gasteiger partial charge in [-0.3, -0.25) is 4.98 Å². The summed E-state index contributed by atoms with van der Waals surface area (Å²) in [5.74, 6) is -0.418. The molecule has 2 heterocycles. The van der Waals surface area contributed by atoms with Crippen molar-refractivity contribution < 1.29 is 8.81 Å². The average Bonchev–Trinajstić information content (AvgIpc) is 3.02. The number of nitrogens with one attached hydrogen (secondary N) is 2. The Morgan fingerprint density at radius 3 is 2.69 bits per heavy atom. The second-order valence-electron chi connectivity index (χ2n) is 5.81. The largest absolute Gasteiger partial charge is 0.417 e. The molecule has 0 aliphatic heterocycles. The molecular formula is C18H14FN5O2. The van der Waals surface area contributed by atoms with Gasteiger partial charge in [0.2, 0.25) is 5.95 Å². The fraction of sp³-hybridized carbons (Fsp3) is 0.111. The third-order valence-corrected chi connectivity index (χ3v) is 3.99. The van der Waals surface area contributed by atoms with Gasteiger partial charge in [0.15, 0.2) is 5.58 Å². The van der Waals surface area contributed by atoms with Crippen LogP contribution < -0.4 is 11.1 Å². The van der Waals surface area contributed by atoms with Crippen molar-refractivity contribution in [3.63, 3.8) is 0 Å². The molecule has 0 amide bonds. The Balaban J connectivity index is 1.53. The van der Waals surface area contributed by atoms with Gasteiger partial charge >= 0.3 is 5.76 Å². The molecule has 4 rings (SSSR count). The van der Waals surface area contributed by atoms with E-state index in [1.165, 1.54) is 12.1 Å². The van der Waals surface area contributed by atoms with Crippen LogP contribution in [0.3, 0.4) is 0 Å². The molecule has 7 nitrogen and oxygen atoms in total. The number of oxazole rings is 1. The molecule has 8 heteroatoms. The topological polar surface area (TPSA) is 96.7 Å². The lowest BCUT2D eigenvalue weighted by atomic mass is 10.1. The van der Waals surface area contributed by atoms with Crippen LogP contribution in [0.1, 0.15) is 18.5 Å². The minimum atomic E-state index is -0.504. The molecule has 2 aromatic heterocycles. The van der Waals surface area contributed by atoms with E-state index in [0.717, 1.165) is 11.1 Å². The van der Waals surface area contributed by atoms with Crippen LogP contribution in [0.25, 0.3) is 22.4 Å². The number of aromatic nitrogens is 4. The van der Waals surface area contributed by atoms with E-state index in [1.54, 1.807) is 36.5 Å². The highest BCUT2D eigenvalue weighted by molar-refractivity contribution is 5.78. The number of halogens is 1. The van der Waals surface area contributed by atoms with Gasteiger partial charge < -0.3 is 9.73 Å². The number of hydrogen-bond acceptors (Lipinski definition) is 6. The molecule has 0 bridgehead atoms. The van der Waals surface area contributed by atoms with Gasteiger partial charge in [0.05, 0.1) is 17.8 Å². The van der Waals surface area contributed by atoms with Gasteiger partial charge in [0.1, 0.15) is 11.5 Å². The Morgan fingerprint density at radius 1 is 1.15 bits per heavy atom. The summed E-state index contributed by atoms with van der Waals surface area (Å²) in [4.78, 5) is 18.1. The van der Waals surface area contributed by atoms with Crippen LogP contribution in [-0.2, 0) is 0 Å². The minimum Gasteiger partial charge on any atom is -0.408 e. The number of aromatic amines is 1. The summed E-state index contributed by atoms with van der Waals surface area (Å²) in [6, 6.07) is 11.3. The van der Waals surface area contributed by atoms with E-state index in [2.05, 4.69) is 25.5 Å². The van der Waals surface area contributed by atoms with Gasteiger partial charge in [-0.2, -0.15) is 0 Å². The quantitative estimate of drug-likeness (QED) is 0.586. The van der Waals surface area contributed by atoms with Crippen LogP contribution in [0, 0.1) is 5.82 Å². The number of H-pyrrole nitrogens is 1. The van der Waals surface area contributed by atoms with E-state index in [-0.39, 0.29) is 11.9 Å². The van der Waals surface area contributed by atoms with Crippen molar-refractivity contribution in [2.75, 3.05) is 5.32 Å². The number of benzene rings is 2. The van der Waals surface area contributed by atoms with E-state index in [0.29, 0.717) is 22.7 Å². The van der Waals surface area contributed by atoms with Crippen LogP contribution in [-0.4, -0.2) is 20.2 Å². The summed E-state index contributed by atoms with van der Waals surface area (Å²) in [6.07, 6.45) is 1.59. The standard InChI is InChI=1S/C18H14FN5O2/c1-10(11-2-5-13(19)6-3-11)21-17-20-9-15(23-24-17)12-4-7-16-14(8-12)22-18(25)26-16/h2-10H,1H3,(H,22,25)(H,20,21,24). The number of hydrogen-bond donors (Lipinski definition) is 2. The van der Waals surface area contributed by atoms with E-state index >= 15 is 0 Å². The maximum absolute atomic E-state index is 13.0. The molecular weight excluding hydrogens is 337 g/mol. The van der Waals surface area contributed by atoms with Gasteiger partial charge in [-0.25, -0.2) is 14.2 Å². The highest BCUT2D eigenvalue weighted by atomic mass is 19.1. The van der Waals surface area contributed by atoms with Crippen molar-refractivity contribution in [1.29, 1.82) is 0 Å². The molecule has 1 unspecified atom stereocenters. The first kappa shape index (κ1) is 15.9. The van der Waals surface area contributed by atoms with Crippen molar-refractivity contribution in [3.8, 4) is 11.3 Å². The minimum absolute atomic E-state index is 0.101. The molecule has 2 N–H and O–H groups in total. The monoisotopic (exact) mass is 351 g/mol. The Hall–Kier alpha value is -3.55. The predicted octanol–water partition coefficient (Wildman–Crippen LogP) is 3.29. The molecule has 0 radical (unpaired) electrons. The van der Waals surface area contributed by atoms with Crippen LogP contribution in [0.4, 0.5) is 10.3 Å². The maximum atomic E-state index is 13.0. The molecule has 0 fully saturated rings. The molecule has 130 valence electrons. The summed E-state index contributed by atoms with van der Waals surface area (Å²) in [6.45, 7) is 1.92. The van der Waals surface area contributed by atoms with Crippen molar-refractivity contribution in [2.24, 2.45) is 0 Å². The molecule has 0 aliphatic rings. The van der Waals surface area contributed by atoms with Gasteiger partial charge in [-0.15, -0.1) is 10.2 Å². The zero-order valence-corrected chi connectivity index (χ0v) is 13.7. The summed E-state index contributed by atoms with van der Waals surface area (Å²) in [5.41, 5.74) is 3.29. The van der Waals surface area contributed by atoms with E-state index in [9.17, 15) is 9.18 Å². The zero-order chi connectivity index (χ0) is 18.1. The van der Waals surface area contributed by atoms with Gasteiger partial charge in [0, 0.05) is 5.56 Å². The van der Waals surface area contributed by atoms with Gasteiger partial charge in [0.25, 0.3) is 0 Å². The van der Waals surface area contributed by atoms with E-state index in [1.807, 2.05) is 6.92 Å². The zero-order valence-electron chi connectivity index (χ0n) is 13.7. The van der Waals surface area contributed by atoms with Crippen molar-refractivity contribution >= 4 is 17.0 Å². The van der Waals surface area contributed by atoms with Crippen molar-refractivity contribution in [1.82, 2.24) is 20.2 Å². The van der Waals surface area contributed by atoms with Crippen LogP contribution >= 0.6 is 0 Å². The fourth-order valence-electron chi connectivity index (χ4n) is 2.61. The lowest BCUT2D eigenvalue weighted by Crippen LogP contribution is -2.10. The molecule has 0 saturated carbocycles. The summed E-state index contributed by atoms with van der Waals surface area (Å²) >= 11 is 0. The normalized spacial score (nSPS) is 12.2. The Bertz CT molecular complexity index is 1100. The molecule has 0 saturated heterocycles. The lowest BCUT2D eigenvalue weighted by molar-refractivity contribution is 0.555. The molecule has 26 heavy (non-hydrogen) atoms. The van der Waals surface area contributed by atoms with Gasteiger partial charge in [-0.05, 0) is 42.8 Å². The molecule has 2 aromatic carbocycles. The Kier molecular flexibility index (Phi) is 3.92. The third kappa shape index (κ3) is 3.16. The Morgan fingerprint density at radius 2 is 1.96 bits per heavy atom. The Labute approximate surface area is 146 Å². The first-order valence-corrected chi connectivity index (χ1v) is 7.93.